The van der Waals surface area contributed by atoms with Gasteiger partial charge in [0.05, 0.1) is 6.33 Å². The first kappa shape index (κ1) is 12.4. The molecule has 0 bridgehead atoms. The highest BCUT2D eigenvalue weighted by Gasteiger charge is 2.27. The van der Waals surface area contributed by atoms with Crippen molar-refractivity contribution in [1.82, 2.24) is 14.9 Å². The van der Waals surface area contributed by atoms with Gasteiger partial charge in [-0.3, -0.25) is 0 Å². The van der Waals surface area contributed by atoms with E-state index in [1.54, 1.807) is 6.20 Å². The second-order valence-corrected chi connectivity index (χ2v) is 5.76. The Labute approximate surface area is 114 Å². The van der Waals surface area contributed by atoms with Crippen molar-refractivity contribution in [3.8, 4) is 5.69 Å². The summed E-state index contributed by atoms with van der Waals surface area (Å²) in [6.07, 6.45) is 10.9. The summed E-state index contributed by atoms with van der Waals surface area (Å²) in [4.78, 5) is 4.07. The number of imidazole rings is 1. The van der Waals surface area contributed by atoms with Crippen molar-refractivity contribution in [3.05, 3.63) is 48.5 Å². The summed E-state index contributed by atoms with van der Waals surface area (Å²) in [7, 11) is 0. The lowest BCUT2D eigenvalue weighted by Gasteiger charge is -2.25. The van der Waals surface area contributed by atoms with E-state index < -0.39 is 0 Å². The van der Waals surface area contributed by atoms with Crippen LogP contribution in [-0.4, -0.2) is 15.1 Å². The van der Waals surface area contributed by atoms with Gasteiger partial charge in [-0.25, -0.2) is 4.98 Å². The molecule has 1 fully saturated rings. The average molecular weight is 255 g/mol. The maximum atomic E-state index is 4.07. The van der Waals surface area contributed by atoms with E-state index in [0.717, 1.165) is 12.2 Å². The molecule has 0 amide bonds. The number of aromatic nitrogens is 2. The molecule has 1 saturated carbocycles. The molecule has 0 atom stereocenters. The predicted octanol–water partition coefficient (Wildman–Crippen LogP) is 3.29. The van der Waals surface area contributed by atoms with Crippen LogP contribution >= 0.6 is 0 Å². The Kier molecular flexibility index (Phi) is 3.38. The van der Waals surface area contributed by atoms with E-state index in [1.807, 2.05) is 17.1 Å². The third-order valence-corrected chi connectivity index (χ3v) is 4.17. The number of rotatable bonds is 4. The van der Waals surface area contributed by atoms with Crippen LogP contribution in [0.1, 0.15) is 38.2 Å². The minimum absolute atomic E-state index is 0.350. The van der Waals surface area contributed by atoms with Crippen LogP contribution in [0.25, 0.3) is 5.69 Å². The molecule has 0 aliphatic heterocycles. The molecule has 1 aromatic heterocycles. The summed E-state index contributed by atoms with van der Waals surface area (Å²) in [5, 5.41) is 3.71. The van der Waals surface area contributed by atoms with Gasteiger partial charge in [-0.05, 0) is 37.5 Å². The van der Waals surface area contributed by atoms with Crippen LogP contribution in [0.4, 0.5) is 0 Å². The molecule has 0 radical (unpaired) electrons. The van der Waals surface area contributed by atoms with Crippen molar-refractivity contribution in [1.29, 1.82) is 0 Å². The highest BCUT2D eigenvalue weighted by atomic mass is 15.0. The van der Waals surface area contributed by atoms with Gasteiger partial charge in [0.25, 0.3) is 0 Å². The van der Waals surface area contributed by atoms with E-state index in [1.165, 1.54) is 31.2 Å². The van der Waals surface area contributed by atoms with Gasteiger partial charge in [0.15, 0.2) is 0 Å². The lowest BCUT2D eigenvalue weighted by molar-refractivity contribution is 0.363. The quantitative estimate of drug-likeness (QED) is 0.908. The Bertz CT molecular complexity index is 507. The van der Waals surface area contributed by atoms with Gasteiger partial charge in [0.2, 0.25) is 0 Å². The van der Waals surface area contributed by atoms with Crippen LogP contribution in [0, 0.1) is 0 Å². The lowest BCUT2D eigenvalue weighted by Crippen LogP contribution is -2.38. The van der Waals surface area contributed by atoms with Gasteiger partial charge in [-0.2, -0.15) is 0 Å². The molecule has 3 nitrogen and oxygen atoms in total. The first-order valence-corrected chi connectivity index (χ1v) is 7.08. The number of hydrogen-bond donors (Lipinski definition) is 1. The fourth-order valence-electron chi connectivity index (χ4n) is 2.85. The second kappa shape index (κ2) is 5.17. The summed E-state index contributed by atoms with van der Waals surface area (Å²) in [6.45, 7) is 3.31. The van der Waals surface area contributed by atoms with Crippen LogP contribution in [0.2, 0.25) is 0 Å². The first-order chi connectivity index (χ1) is 9.25. The molecule has 1 heterocycles. The molecule has 1 aliphatic carbocycles. The third kappa shape index (κ3) is 2.87. The number of nitrogens with one attached hydrogen (secondary N) is 1. The molecule has 0 spiro atoms. The largest absolute Gasteiger partial charge is 0.307 e. The first-order valence-electron chi connectivity index (χ1n) is 7.08. The molecule has 2 aromatic rings. The van der Waals surface area contributed by atoms with E-state index in [4.69, 9.17) is 0 Å². The third-order valence-electron chi connectivity index (χ3n) is 4.17. The Morgan fingerprint density at radius 3 is 2.58 bits per heavy atom. The zero-order valence-electron chi connectivity index (χ0n) is 11.5. The van der Waals surface area contributed by atoms with Crippen molar-refractivity contribution in [3.63, 3.8) is 0 Å². The molecule has 1 aromatic carbocycles. The number of benzene rings is 1. The summed E-state index contributed by atoms with van der Waals surface area (Å²) >= 11 is 0. The van der Waals surface area contributed by atoms with Gasteiger partial charge < -0.3 is 9.88 Å². The smallest absolute Gasteiger partial charge is 0.0991 e. The Morgan fingerprint density at radius 2 is 1.95 bits per heavy atom. The molecule has 0 unspecified atom stereocenters. The fourth-order valence-corrected chi connectivity index (χ4v) is 2.85. The molecule has 100 valence electrons. The van der Waals surface area contributed by atoms with Crippen LogP contribution in [0.3, 0.4) is 0 Å². The minimum atomic E-state index is 0.350. The van der Waals surface area contributed by atoms with Crippen LogP contribution in [-0.2, 0) is 6.54 Å². The van der Waals surface area contributed by atoms with E-state index in [2.05, 4.69) is 41.5 Å². The van der Waals surface area contributed by atoms with Crippen LogP contribution < -0.4 is 5.32 Å². The summed E-state index contributed by atoms with van der Waals surface area (Å²) in [5.74, 6) is 0. The van der Waals surface area contributed by atoms with Crippen molar-refractivity contribution < 1.29 is 0 Å². The second-order valence-electron chi connectivity index (χ2n) is 5.76. The topological polar surface area (TPSA) is 29.9 Å². The molecule has 1 N–H and O–H groups in total. The van der Waals surface area contributed by atoms with Crippen molar-refractivity contribution in [2.24, 2.45) is 0 Å². The molecular weight excluding hydrogens is 234 g/mol. The molecule has 3 heteroatoms. The number of hydrogen-bond acceptors (Lipinski definition) is 2. The van der Waals surface area contributed by atoms with Gasteiger partial charge in [-0.1, -0.05) is 25.0 Å². The molecule has 19 heavy (non-hydrogen) atoms. The Hall–Kier alpha value is -1.61. The summed E-state index contributed by atoms with van der Waals surface area (Å²) < 4.78 is 2.02. The highest BCUT2D eigenvalue weighted by Crippen LogP contribution is 2.29. The van der Waals surface area contributed by atoms with Crippen LogP contribution in [0.5, 0.6) is 0 Å². The van der Waals surface area contributed by atoms with E-state index in [9.17, 15) is 0 Å². The van der Waals surface area contributed by atoms with Gasteiger partial charge in [0, 0.05) is 30.2 Å². The number of nitrogens with zero attached hydrogens (tertiary/aromatic N) is 2. The fraction of sp³-hybridized carbons (Fsp3) is 0.438. The highest BCUT2D eigenvalue weighted by molar-refractivity contribution is 5.34. The maximum absolute atomic E-state index is 4.07. The zero-order chi connectivity index (χ0) is 13.1. The minimum Gasteiger partial charge on any atom is -0.307 e. The lowest BCUT2D eigenvalue weighted by atomic mass is 10.0. The molecule has 0 saturated heterocycles. The summed E-state index contributed by atoms with van der Waals surface area (Å²) in [6, 6.07) is 8.69. The molecular formula is C16H21N3. The SMILES string of the molecule is CC1(NCc2ccc(-n3ccnc3)cc2)CCCC1. The Balaban J connectivity index is 1.63. The molecule has 1 aliphatic rings. The normalized spacial score (nSPS) is 17.7. The standard InChI is InChI=1S/C16H21N3/c1-16(8-2-3-9-16)18-12-14-4-6-15(7-5-14)19-11-10-17-13-19/h4-7,10-11,13,18H,2-3,8-9,12H2,1H3. The van der Waals surface area contributed by atoms with Gasteiger partial charge in [-0.15, -0.1) is 0 Å². The van der Waals surface area contributed by atoms with E-state index in [-0.39, 0.29) is 0 Å². The zero-order valence-corrected chi connectivity index (χ0v) is 11.5. The Morgan fingerprint density at radius 1 is 1.21 bits per heavy atom. The van der Waals surface area contributed by atoms with Crippen molar-refractivity contribution >= 4 is 0 Å². The van der Waals surface area contributed by atoms with E-state index in [0.29, 0.717) is 5.54 Å². The average Bonchev–Trinajstić information content (AvgIpc) is 3.09. The maximum Gasteiger partial charge on any atom is 0.0991 e. The van der Waals surface area contributed by atoms with Crippen LogP contribution in [0.15, 0.2) is 43.0 Å². The van der Waals surface area contributed by atoms with Crippen molar-refractivity contribution in [2.75, 3.05) is 0 Å². The van der Waals surface area contributed by atoms with Gasteiger partial charge >= 0.3 is 0 Å². The summed E-state index contributed by atoms with van der Waals surface area (Å²) in [5.41, 5.74) is 2.86. The van der Waals surface area contributed by atoms with E-state index >= 15 is 0 Å². The monoisotopic (exact) mass is 255 g/mol. The predicted molar refractivity (Wildman–Crippen MR) is 77.3 cm³/mol. The van der Waals surface area contributed by atoms with Gasteiger partial charge in [0.1, 0.15) is 0 Å². The van der Waals surface area contributed by atoms with Crippen molar-refractivity contribution in [2.45, 2.75) is 44.7 Å². The molecule has 3 rings (SSSR count).